The van der Waals surface area contributed by atoms with Gasteiger partial charge in [-0.15, -0.1) is 11.6 Å². The van der Waals surface area contributed by atoms with Crippen molar-refractivity contribution in [2.75, 3.05) is 17.7 Å². The first-order valence-corrected chi connectivity index (χ1v) is 7.19. The summed E-state index contributed by atoms with van der Waals surface area (Å²) < 4.78 is 5.85. The molecule has 5 heteroatoms. The lowest BCUT2D eigenvalue weighted by Gasteiger charge is -2.13. The average Bonchev–Trinajstić information content (AvgIpc) is 2.91. The number of hydrogen-bond acceptors (Lipinski definition) is 2. The summed E-state index contributed by atoms with van der Waals surface area (Å²) in [7, 11) is 0. The summed E-state index contributed by atoms with van der Waals surface area (Å²) in [4.78, 5) is 11.4. The molecule has 2 N–H and O–H groups in total. The molecular formula is C14H19ClN2O2. The second kappa shape index (κ2) is 7.24. The van der Waals surface area contributed by atoms with E-state index >= 15 is 0 Å². The van der Waals surface area contributed by atoms with Crippen LogP contribution in [0.5, 0.6) is 5.75 Å². The molecule has 1 saturated carbocycles. The van der Waals surface area contributed by atoms with Crippen LogP contribution >= 0.6 is 11.6 Å². The zero-order valence-corrected chi connectivity index (χ0v) is 11.6. The monoisotopic (exact) mass is 282 g/mol. The van der Waals surface area contributed by atoms with E-state index in [1.165, 1.54) is 12.8 Å². The van der Waals surface area contributed by atoms with Crippen LogP contribution in [0.15, 0.2) is 24.3 Å². The van der Waals surface area contributed by atoms with Gasteiger partial charge in [-0.1, -0.05) is 0 Å². The van der Waals surface area contributed by atoms with Gasteiger partial charge in [0.05, 0.1) is 6.10 Å². The molecule has 1 aromatic rings. The van der Waals surface area contributed by atoms with E-state index in [4.69, 9.17) is 16.3 Å². The number of anilines is 1. The number of carbonyl (C=O) groups excluding carboxylic acids is 1. The number of halogens is 1. The number of alkyl halides is 1. The summed E-state index contributed by atoms with van der Waals surface area (Å²) in [5, 5.41) is 5.37. The van der Waals surface area contributed by atoms with E-state index in [-0.39, 0.29) is 6.03 Å². The van der Waals surface area contributed by atoms with Gasteiger partial charge in [0.25, 0.3) is 0 Å². The van der Waals surface area contributed by atoms with Crippen LogP contribution in [0.1, 0.15) is 25.7 Å². The Morgan fingerprint density at radius 1 is 1.26 bits per heavy atom. The highest BCUT2D eigenvalue weighted by atomic mass is 35.5. The highest BCUT2D eigenvalue weighted by Crippen LogP contribution is 2.24. The summed E-state index contributed by atoms with van der Waals surface area (Å²) in [6, 6.07) is 7.20. The fourth-order valence-corrected chi connectivity index (χ4v) is 2.25. The zero-order chi connectivity index (χ0) is 13.5. The van der Waals surface area contributed by atoms with Crippen molar-refractivity contribution in [2.45, 2.75) is 31.8 Å². The maximum Gasteiger partial charge on any atom is 0.319 e. The first kappa shape index (κ1) is 14.0. The number of carbonyl (C=O) groups is 1. The molecule has 2 rings (SSSR count). The van der Waals surface area contributed by atoms with Crippen molar-refractivity contribution >= 4 is 23.3 Å². The summed E-state index contributed by atoms with van der Waals surface area (Å²) >= 11 is 5.49. The van der Waals surface area contributed by atoms with Gasteiger partial charge in [-0.25, -0.2) is 4.79 Å². The lowest BCUT2D eigenvalue weighted by Crippen LogP contribution is -2.30. The normalized spacial score (nSPS) is 15.2. The molecule has 1 aliphatic carbocycles. The highest BCUT2D eigenvalue weighted by molar-refractivity contribution is 6.18. The lowest BCUT2D eigenvalue weighted by atomic mass is 10.3. The second-order valence-corrected chi connectivity index (χ2v) is 5.00. The molecule has 0 radical (unpaired) electrons. The van der Waals surface area contributed by atoms with Crippen molar-refractivity contribution in [2.24, 2.45) is 0 Å². The van der Waals surface area contributed by atoms with Crippen LogP contribution < -0.4 is 15.4 Å². The van der Waals surface area contributed by atoms with Crippen LogP contribution in [0.4, 0.5) is 10.5 Å². The third kappa shape index (κ3) is 4.63. The maximum absolute atomic E-state index is 11.4. The largest absolute Gasteiger partial charge is 0.490 e. The minimum atomic E-state index is -0.245. The van der Waals surface area contributed by atoms with E-state index in [9.17, 15) is 4.79 Å². The Morgan fingerprint density at radius 3 is 2.58 bits per heavy atom. The topological polar surface area (TPSA) is 50.4 Å². The number of hydrogen-bond donors (Lipinski definition) is 2. The van der Waals surface area contributed by atoms with Gasteiger partial charge in [0.1, 0.15) is 5.75 Å². The predicted molar refractivity (Wildman–Crippen MR) is 77.1 cm³/mol. The summed E-state index contributed by atoms with van der Waals surface area (Å²) in [5.41, 5.74) is 0.742. The molecule has 1 aliphatic rings. The Balaban J connectivity index is 1.82. The molecular weight excluding hydrogens is 264 g/mol. The average molecular weight is 283 g/mol. The highest BCUT2D eigenvalue weighted by Gasteiger charge is 2.16. The molecule has 0 aliphatic heterocycles. The second-order valence-electron chi connectivity index (χ2n) is 4.62. The van der Waals surface area contributed by atoms with Crippen molar-refractivity contribution < 1.29 is 9.53 Å². The number of amides is 2. The fraction of sp³-hybridized carbons (Fsp3) is 0.500. The Kier molecular flexibility index (Phi) is 5.33. The summed E-state index contributed by atoms with van der Waals surface area (Å²) in [6.07, 6.45) is 5.14. The van der Waals surface area contributed by atoms with E-state index in [0.29, 0.717) is 18.5 Å². The fourth-order valence-electron chi connectivity index (χ4n) is 2.15. The van der Waals surface area contributed by atoms with Gasteiger partial charge >= 0.3 is 6.03 Å². The van der Waals surface area contributed by atoms with Crippen LogP contribution in [0.25, 0.3) is 0 Å². The summed E-state index contributed by atoms with van der Waals surface area (Å²) in [5.74, 6) is 1.26. The van der Waals surface area contributed by atoms with Crippen LogP contribution in [0.3, 0.4) is 0 Å². The summed E-state index contributed by atoms with van der Waals surface area (Å²) in [6.45, 7) is 0.455. The minimum absolute atomic E-state index is 0.245. The van der Waals surface area contributed by atoms with Crippen LogP contribution in [-0.4, -0.2) is 24.6 Å². The molecule has 1 fully saturated rings. The van der Waals surface area contributed by atoms with Crippen molar-refractivity contribution in [3.63, 3.8) is 0 Å². The third-order valence-corrected chi connectivity index (χ3v) is 3.29. The molecule has 0 spiro atoms. The van der Waals surface area contributed by atoms with Crippen molar-refractivity contribution in [1.82, 2.24) is 5.32 Å². The standard InChI is InChI=1S/C14H19ClN2O2/c15-9-10-16-14(18)17-11-5-7-13(8-6-11)19-12-3-1-2-4-12/h5-8,12H,1-4,9-10H2,(H2,16,17,18). The molecule has 0 aromatic heterocycles. The molecule has 1 aromatic carbocycles. The Morgan fingerprint density at radius 2 is 1.95 bits per heavy atom. The Hall–Kier alpha value is -1.42. The van der Waals surface area contributed by atoms with Gasteiger partial charge in [-0.05, 0) is 49.9 Å². The SMILES string of the molecule is O=C(NCCCl)Nc1ccc(OC2CCCC2)cc1. The number of benzene rings is 1. The molecule has 104 valence electrons. The van der Waals surface area contributed by atoms with E-state index in [1.807, 2.05) is 24.3 Å². The van der Waals surface area contributed by atoms with Crippen LogP contribution in [0, 0.1) is 0 Å². The molecule has 0 heterocycles. The van der Waals surface area contributed by atoms with Crippen molar-refractivity contribution in [3.05, 3.63) is 24.3 Å². The van der Waals surface area contributed by atoms with Gasteiger partial charge in [0.15, 0.2) is 0 Å². The van der Waals surface area contributed by atoms with Gasteiger partial charge < -0.3 is 15.4 Å². The lowest BCUT2D eigenvalue weighted by molar-refractivity contribution is 0.210. The molecule has 4 nitrogen and oxygen atoms in total. The van der Waals surface area contributed by atoms with Gasteiger partial charge in [-0.2, -0.15) is 0 Å². The zero-order valence-electron chi connectivity index (χ0n) is 10.8. The number of nitrogens with one attached hydrogen (secondary N) is 2. The quantitative estimate of drug-likeness (QED) is 0.814. The van der Waals surface area contributed by atoms with Gasteiger partial charge in [0.2, 0.25) is 0 Å². The van der Waals surface area contributed by atoms with E-state index < -0.39 is 0 Å². The molecule has 0 atom stereocenters. The molecule has 19 heavy (non-hydrogen) atoms. The minimum Gasteiger partial charge on any atom is -0.490 e. The van der Waals surface area contributed by atoms with E-state index in [0.717, 1.165) is 24.3 Å². The van der Waals surface area contributed by atoms with E-state index in [2.05, 4.69) is 10.6 Å². The van der Waals surface area contributed by atoms with Crippen molar-refractivity contribution in [1.29, 1.82) is 0 Å². The van der Waals surface area contributed by atoms with Gasteiger partial charge in [0, 0.05) is 18.1 Å². The first-order valence-electron chi connectivity index (χ1n) is 6.65. The maximum atomic E-state index is 11.4. The molecule has 2 amide bonds. The Bertz CT molecular complexity index is 402. The number of ether oxygens (including phenoxy) is 1. The predicted octanol–water partition coefficient (Wildman–Crippen LogP) is 3.37. The smallest absolute Gasteiger partial charge is 0.319 e. The van der Waals surface area contributed by atoms with Crippen molar-refractivity contribution in [3.8, 4) is 5.75 Å². The van der Waals surface area contributed by atoms with E-state index in [1.54, 1.807) is 0 Å². The molecule has 0 bridgehead atoms. The Labute approximate surface area is 118 Å². The van der Waals surface area contributed by atoms with Crippen LogP contribution in [0.2, 0.25) is 0 Å². The number of urea groups is 1. The third-order valence-electron chi connectivity index (χ3n) is 3.10. The molecule has 0 saturated heterocycles. The first-order chi connectivity index (χ1) is 9.28. The number of rotatable bonds is 5. The molecule has 0 unspecified atom stereocenters. The van der Waals surface area contributed by atoms with Gasteiger partial charge in [-0.3, -0.25) is 0 Å². The van der Waals surface area contributed by atoms with Crippen LogP contribution in [-0.2, 0) is 0 Å².